The zero-order valence-electron chi connectivity index (χ0n) is 17.7. The van der Waals surface area contributed by atoms with Crippen LogP contribution in [0.3, 0.4) is 0 Å². The third kappa shape index (κ3) is 5.30. The van der Waals surface area contributed by atoms with E-state index in [2.05, 4.69) is 65.2 Å². The van der Waals surface area contributed by atoms with E-state index in [9.17, 15) is 0 Å². The monoisotopic (exact) mass is 473 g/mol. The van der Waals surface area contributed by atoms with Crippen molar-refractivity contribution in [1.29, 1.82) is 0 Å². The molecule has 1 aliphatic heterocycles. The normalized spacial score (nSPS) is 17.1. The maximum absolute atomic E-state index is 6.58. The molecule has 0 spiro atoms. The molecule has 3 aromatic rings. The van der Waals surface area contributed by atoms with Crippen molar-refractivity contribution in [3.05, 3.63) is 92.9 Å². The van der Waals surface area contributed by atoms with Crippen LogP contribution in [0.4, 0.5) is 11.4 Å². The summed E-state index contributed by atoms with van der Waals surface area (Å²) in [5, 5.41) is 2.07. The molecule has 0 aliphatic carbocycles. The molecule has 1 atom stereocenters. The Kier molecular flexibility index (Phi) is 6.98. The molecule has 0 saturated carbocycles. The van der Waals surface area contributed by atoms with Crippen molar-refractivity contribution in [1.82, 2.24) is 4.90 Å². The summed E-state index contributed by atoms with van der Waals surface area (Å²) in [5.74, 6) is 0. The average molecular weight is 475 g/mol. The van der Waals surface area contributed by atoms with Gasteiger partial charge in [0.05, 0.1) is 16.8 Å². The van der Waals surface area contributed by atoms with Gasteiger partial charge < -0.3 is 9.80 Å². The smallest absolute Gasteiger partial charge is 0.0670 e. The highest BCUT2D eigenvalue weighted by molar-refractivity contribution is 6.36. The molecule has 31 heavy (non-hydrogen) atoms. The van der Waals surface area contributed by atoms with E-state index in [1.54, 1.807) is 0 Å². The van der Waals surface area contributed by atoms with Crippen molar-refractivity contribution < 1.29 is 0 Å². The zero-order chi connectivity index (χ0) is 22.0. The number of anilines is 2. The van der Waals surface area contributed by atoms with Gasteiger partial charge >= 0.3 is 0 Å². The fourth-order valence-electron chi connectivity index (χ4n) is 4.11. The quantitative estimate of drug-likeness (QED) is 0.404. The molecule has 6 heteroatoms. The SMILES string of the molecule is CN(C)c1ccc(CN2CCN(c3ccc(Cl)cc3Cl)[C@H](c3ccc(Cl)cc3)C2)cc1. The average Bonchev–Trinajstić information content (AvgIpc) is 2.75. The Morgan fingerprint density at radius 3 is 2.16 bits per heavy atom. The van der Waals surface area contributed by atoms with Crippen LogP contribution in [-0.4, -0.2) is 38.6 Å². The third-order valence-corrected chi connectivity index (χ3v) is 6.59. The Bertz CT molecular complexity index is 1020. The maximum atomic E-state index is 6.58. The Morgan fingerprint density at radius 2 is 1.52 bits per heavy atom. The first-order valence-corrected chi connectivity index (χ1v) is 11.5. The lowest BCUT2D eigenvalue weighted by atomic mass is 10.0. The summed E-state index contributed by atoms with van der Waals surface area (Å²) in [5.41, 5.74) is 4.77. The van der Waals surface area contributed by atoms with Gasteiger partial charge in [0.15, 0.2) is 0 Å². The first-order valence-electron chi connectivity index (χ1n) is 10.4. The van der Waals surface area contributed by atoms with Gasteiger partial charge in [-0.25, -0.2) is 0 Å². The minimum atomic E-state index is 0.172. The minimum absolute atomic E-state index is 0.172. The van der Waals surface area contributed by atoms with Gasteiger partial charge in [0.25, 0.3) is 0 Å². The highest BCUT2D eigenvalue weighted by atomic mass is 35.5. The van der Waals surface area contributed by atoms with E-state index in [4.69, 9.17) is 34.8 Å². The van der Waals surface area contributed by atoms with Crippen molar-refractivity contribution in [3.8, 4) is 0 Å². The van der Waals surface area contributed by atoms with Crippen LogP contribution >= 0.6 is 34.8 Å². The number of halogens is 3. The van der Waals surface area contributed by atoms with Crippen LogP contribution in [0.2, 0.25) is 15.1 Å². The van der Waals surface area contributed by atoms with Gasteiger partial charge in [-0.2, -0.15) is 0 Å². The second-order valence-electron chi connectivity index (χ2n) is 8.15. The lowest BCUT2D eigenvalue weighted by molar-refractivity contribution is 0.215. The molecular formula is C25H26Cl3N3. The number of piperazine rings is 1. The Balaban J connectivity index is 1.58. The van der Waals surface area contributed by atoms with Crippen LogP contribution in [0.5, 0.6) is 0 Å². The summed E-state index contributed by atoms with van der Waals surface area (Å²) >= 11 is 18.9. The van der Waals surface area contributed by atoms with Crippen molar-refractivity contribution in [2.45, 2.75) is 12.6 Å². The fraction of sp³-hybridized carbons (Fsp3) is 0.280. The first-order chi connectivity index (χ1) is 14.9. The Morgan fingerprint density at radius 1 is 0.839 bits per heavy atom. The molecule has 1 saturated heterocycles. The lowest BCUT2D eigenvalue weighted by Gasteiger charge is -2.43. The molecule has 0 aromatic heterocycles. The fourth-order valence-corrected chi connectivity index (χ4v) is 4.76. The van der Waals surface area contributed by atoms with Crippen molar-refractivity contribution in [2.24, 2.45) is 0 Å². The van der Waals surface area contributed by atoms with E-state index in [0.717, 1.165) is 36.9 Å². The second kappa shape index (κ2) is 9.70. The first kappa shape index (κ1) is 22.3. The van der Waals surface area contributed by atoms with Gasteiger partial charge in [0.1, 0.15) is 0 Å². The number of rotatable bonds is 5. The molecule has 0 amide bonds. The van der Waals surface area contributed by atoms with Gasteiger partial charge in [0.2, 0.25) is 0 Å². The van der Waals surface area contributed by atoms with E-state index in [1.165, 1.54) is 16.8 Å². The van der Waals surface area contributed by atoms with E-state index < -0.39 is 0 Å². The molecule has 1 fully saturated rings. The van der Waals surface area contributed by atoms with Crippen LogP contribution in [0.25, 0.3) is 0 Å². The van der Waals surface area contributed by atoms with Crippen molar-refractivity contribution in [2.75, 3.05) is 43.5 Å². The van der Waals surface area contributed by atoms with Gasteiger partial charge in [0, 0.05) is 56.0 Å². The molecule has 0 N–H and O–H groups in total. The summed E-state index contributed by atoms with van der Waals surface area (Å²) < 4.78 is 0. The summed E-state index contributed by atoms with van der Waals surface area (Å²) in [6, 6.07) is 22.8. The number of benzene rings is 3. The molecule has 3 nitrogen and oxygen atoms in total. The van der Waals surface area contributed by atoms with Crippen LogP contribution in [-0.2, 0) is 6.54 Å². The molecular weight excluding hydrogens is 449 g/mol. The van der Waals surface area contributed by atoms with Crippen molar-refractivity contribution >= 4 is 46.2 Å². The largest absolute Gasteiger partial charge is 0.378 e. The molecule has 1 aliphatic rings. The minimum Gasteiger partial charge on any atom is -0.378 e. The predicted octanol–water partition coefficient (Wildman–Crippen LogP) is 6.78. The van der Waals surface area contributed by atoms with Crippen LogP contribution < -0.4 is 9.80 Å². The number of nitrogens with zero attached hydrogens (tertiary/aromatic N) is 3. The van der Waals surface area contributed by atoms with E-state index in [0.29, 0.717) is 10.0 Å². The van der Waals surface area contributed by atoms with Gasteiger partial charge in [-0.3, -0.25) is 4.90 Å². The second-order valence-corrected chi connectivity index (χ2v) is 9.43. The molecule has 0 radical (unpaired) electrons. The van der Waals surface area contributed by atoms with Crippen LogP contribution in [0.15, 0.2) is 66.7 Å². The summed E-state index contributed by atoms with van der Waals surface area (Å²) in [7, 11) is 4.12. The molecule has 3 aromatic carbocycles. The van der Waals surface area contributed by atoms with Gasteiger partial charge in [-0.15, -0.1) is 0 Å². The topological polar surface area (TPSA) is 9.72 Å². The molecule has 1 heterocycles. The summed E-state index contributed by atoms with van der Waals surface area (Å²) in [4.78, 5) is 7.01. The molecule has 162 valence electrons. The highest BCUT2D eigenvalue weighted by Crippen LogP contribution is 2.37. The third-order valence-electron chi connectivity index (χ3n) is 5.80. The number of hydrogen-bond acceptors (Lipinski definition) is 3. The van der Waals surface area contributed by atoms with Gasteiger partial charge in [-0.1, -0.05) is 59.1 Å². The maximum Gasteiger partial charge on any atom is 0.0670 e. The van der Waals surface area contributed by atoms with Crippen LogP contribution in [0.1, 0.15) is 17.2 Å². The number of hydrogen-bond donors (Lipinski definition) is 0. The molecule has 0 bridgehead atoms. The Labute approximate surface area is 199 Å². The van der Waals surface area contributed by atoms with E-state index in [1.807, 2.05) is 30.3 Å². The van der Waals surface area contributed by atoms with Gasteiger partial charge in [-0.05, 0) is 53.6 Å². The van der Waals surface area contributed by atoms with E-state index >= 15 is 0 Å². The molecule has 4 rings (SSSR count). The molecule has 0 unspecified atom stereocenters. The highest BCUT2D eigenvalue weighted by Gasteiger charge is 2.29. The van der Waals surface area contributed by atoms with Crippen LogP contribution in [0, 0.1) is 0 Å². The Hall–Kier alpha value is -1.91. The van der Waals surface area contributed by atoms with Crippen molar-refractivity contribution in [3.63, 3.8) is 0 Å². The van der Waals surface area contributed by atoms with E-state index in [-0.39, 0.29) is 6.04 Å². The lowest BCUT2D eigenvalue weighted by Crippen LogP contribution is -2.48. The predicted molar refractivity (Wildman–Crippen MR) is 134 cm³/mol. The standard InChI is InChI=1S/C25H26Cl3N3/c1-29(2)22-10-3-18(4-11-22)16-30-13-14-31(24-12-9-21(27)15-23(24)28)25(17-30)19-5-7-20(26)8-6-19/h3-12,15,25H,13-14,16-17H2,1-2H3/t25-/m0/s1. The summed E-state index contributed by atoms with van der Waals surface area (Å²) in [6.07, 6.45) is 0. The zero-order valence-corrected chi connectivity index (χ0v) is 20.0. The summed E-state index contributed by atoms with van der Waals surface area (Å²) in [6.45, 7) is 3.65.